The van der Waals surface area contributed by atoms with Crippen LogP contribution < -0.4 is 15.4 Å². The Kier molecular flexibility index (Phi) is 10.2. The number of rotatable bonds is 11. The van der Waals surface area contributed by atoms with Crippen LogP contribution in [0.4, 0.5) is 14.5 Å². The monoisotopic (exact) mass is 613 g/mol. The molecule has 3 atom stereocenters. The molecule has 0 aliphatic heterocycles. The second-order valence-electron chi connectivity index (χ2n) is 12.7. The summed E-state index contributed by atoms with van der Waals surface area (Å²) in [5.41, 5.74) is 4.54. The second kappa shape index (κ2) is 13.5. The third-order valence-corrected chi connectivity index (χ3v) is 8.03. The molecule has 1 aliphatic rings. The minimum atomic E-state index is -3.56. The number of aryl methyl sites for hydroxylation is 1. The molecular formula is C33H41F2N3O4S. The van der Waals surface area contributed by atoms with Crippen LogP contribution in [0.5, 0.6) is 0 Å². The highest BCUT2D eigenvalue weighted by Crippen LogP contribution is 2.32. The molecule has 0 saturated carbocycles. The van der Waals surface area contributed by atoms with Crippen molar-refractivity contribution in [2.75, 3.05) is 17.5 Å². The molecule has 10 heteroatoms. The van der Waals surface area contributed by atoms with Crippen LogP contribution in [0.1, 0.15) is 72.3 Å². The van der Waals surface area contributed by atoms with Gasteiger partial charge in [0.15, 0.2) is 0 Å². The average molecular weight is 614 g/mol. The molecule has 3 unspecified atom stereocenters. The van der Waals surface area contributed by atoms with Crippen LogP contribution in [-0.2, 0) is 29.3 Å². The lowest BCUT2D eigenvalue weighted by Gasteiger charge is -2.31. The van der Waals surface area contributed by atoms with Crippen molar-refractivity contribution >= 4 is 21.6 Å². The smallest absolute Gasteiger partial charge is 0.251 e. The highest BCUT2D eigenvalue weighted by molar-refractivity contribution is 7.92. The van der Waals surface area contributed by atoms with E-state index < -0.39 is 39.7 Å². The number of sulfonamides is 1. The van der Waals surface area contributed by atoms with Crippen LogP contribution in [-0.4, -0.2) is 44.4 Å². The SMILES string of the molecule is CC(C)(C)Cc1ccc2c(c1)C(NCC(O)C(Cc1cc(F)cc(F)c1)NC(=O)c1cccc(NS(C)(=O)=O)c1)CCC2. The van der Waals surface area contributed by atoms with Gasteiger partial charge in [0.2, 0.25) is 10.0 Å². The number of carbonyl (C=O) groups is 1. The number of anilines is 1. The highest BCUT2D eigenvalue weighted by Gasteiger charge is 2.27. The first-order chi connectivity index (χ1) is 20.1. The van der Waals surface area contributed by atoms with E-state index in [4.69, 9.17) is 0 Å². The molecule has 7 nitrogen and oxygen atoms in total. The first-order valence-corrected chi connectivity index (χ1v) is 16.4. The fourth-order valence-electron chi connectivity index (χ4n) is 5.64. The van der Waals surface area contributed by atoms with Crippen LogP contribution >= 0.6 is 0 Å². The lowest BCUT2D eigenvalue weighted by Crippen LogP contribution is -2.49. The minimum Gasteiger partial charge on any atom is -0.390 e. The Bertz CT molecular complexity index is 1540. The van der Waals surface area contributed by atoms with Gasteiger partial charge in [-0.2, -0.15) is 0 Å². The molecule has 0 bridgehead atoms. The average Bonchev–Trinajstić information content (AvgIpc) is 2.89. The number of nitrogens with one attached hydrogen (secondary N) is 3. The third kappa shape index (κ3) is 9.84. The third-order valence-electron chi connectivity index (χ3n) is 7.42. The van der Waals surface area contributed by atoms with Gasteiger partial charge in [-0.1, -0.05) is 45.0 Å². The molecule has 0 saturated heterocycles. The van der Waals surface area contributed by atoms with E-state index >= 15 is 0 Å². The number of hydrogen-bond donors (Lipinski definition) is 4. The fourth-order valence-corrected chi connectivity index (χ4v) is 6.20. The zero-order valence-corrected chi connectivity index (χ0v) is 25.9. The quantitative estimate of drug-likeness (QED) is 0.235. The summed E-state index contributed by atoms with van der Waals surface area (Å²) in [4.78, 5) is 13.3. The molecule has 3 aromatic carbocycles. The molecular weight excluding hydrogens is 572 g/mol. The zero-order valence-electron chi connectivity index (χ0n) is 25.1. The molecule has 1 amide bonds. The summed E-state index contributed by atoms with van der Waals surface area (Å²) in [6, 6.07) is 14.8. The van der Waals surface area contributed by atoms with E-state index in [-0.39, 0.29) is 41.2 Å². The van der Waals surface area contributed by atoms with Crippen molar-refractivity contribution in [1.82, 2.24) is 10.6 Å². The minimum absolute atomic E-state index is 0.0139. The Morgan fingerprint density at radius 3 is 2.42 bits per heavy atom. The predicted octanol–water partition coefficient (Wildman–Crippen LogP) is 5.29. The van der Waals surface area contributed by atoms with E-state index in [9.17, 15) is 27.1 Å². The highest BCUT2D eigenvalue weighted by atomic mass is 32.2. The van der Waals surface area contributed by atoms with Crippen molar-refractivity contribution < 1.29 is 27.1 Å². The molecule has 0 spiro atoms. The molecule has 1 aliphatic carbocycles. The fraction of sp³-hybridized carbons (Fsp3) is 0.424. The van der Waals surface area contributed by atoms with E-state index in [1.54, 1.807) is 0 Å². The Hall–Kier alpha value is -3.34. The zero-order chi connectivity index (χ0) is 31.4. The maximum absolute atomic E-state index is 14.0. The topological polar surface area (TPSA) is 108 Å². The molecule has 4 N–H and O–H groups in total. The van der Waals surface area contributed by atoms with Gasteiger partial charge in [-0.15, -0.1) is 0 Å². The number of carbonyl (C=O) groups excluding carboxylic acids is 1. The lowest BCUT2D eigenvalue weighted by atomic mass is 9.82. The molecule has 0 heterocycles. The van der Waals surface area contributed by atoms with Crippen LogP contribution in [0.15, 0.2) is 60.7 Å². The van der Waals surface area contributed by atoms with Gasteiger partial charge < -0.3 is 15.7 Å². The van der Waals surface area contributed by atoms with E-state index in [0.29, 0.717) is 0 Å². The number of amides is 1. The molecule has 43 heavy (non-hydrogen) atoms. The number of aliphatic hydroxyl groups is 1. The predicted molar refractivity (Wildman–Crippen MR) is 166 cm³/mol. The van der Waals surface area contributed by atoms with Gasteiger partial charge in [0.25, 0.3) is 5.91 Å². The summed E-state index contributed by atoms with van der Waals surface area (Å²) in [7, 11) is -3.56. The maximum atomic E-state index is 14.0. The van der Waals surface area contributed by atoms with Gasteiger partial charge in [-0.3, -0.25) is 9.52 Å². The van der Waals surface area contributed by atoms with Gasteiger partial charge in [-0.25, -0.2) is 17.2 Å². The van der Waals surface area contributed by atoms with E-state index in [0.717, 1.165) is 38.0 Å². The molecule has 4 rings (SSSR count). The molecule has 0 aromatic heterocycles. The van der Waals surface area contributed by atoms with E-state index in [1.165, 1.54) is 53.1 Å². The first-order valence-electron chi connectivity index (χ1n) is 14.5. The summed E-state index contributed by atoms with van der Waals surface area (Å²) in [6.07, 6.45) is 3.70. The van der Waals surface area contributed by atoms with Gasteiger partial charge >= 0.3 is 0 Å². The molecule has 232 valence electrons. The van der Waals surface area contributed by atoms with Crippen molar-refractivity contribution in [3.63, 3.8) is 0 Å². The summed E-state index contributed by atoms with van der Waals surface area (Å²) in [5.74, 6) is -2.07. The standard InChI is InChI=1S/C33H41F2N3O4S/c1-33(2,3)19-21-11-12-23-7-6-10-29(28(23)15-21)36-20-31(39)30(16-22-13-25(34)18-26(35)14-22)37-32(40)24-8-5-9-27(17-24)38-43(4,41)42/h5,8-9,11-15,17-18,29-31,36,38-39H,6-7,10,16,19-20H2,1-4H3,(H,37,40). The van der Waals surface area contributed by atoms with E-state index in [1.807, 2.05) is 0 Å². The number of benzene rings is 3. The van der Waals surface area contributed by atoms with Gasteiger partial charge in [0.1, 0.15) is 11.6 Å². The molecule has 0 radical (unpaired) electrons. The lowest BCUT2D eigenvalue weighted by molar-refractivity contribution is 0.0823. The number of halogens is 2. The van der Waals surface area contributed by atoms with E-state index in [2.05, 4.69) is 54.3 Å². The van der Waals surface area contributed by atoms with Crippen molar-refractivity contribution in [3.05, 3.63) is 100 Å². The van der Waals surface area contributed by atoms with Crippen LogP contribution in [0.3, 0.4) is 0 Å². The second-order valence-corrected chi connectivity index (χ2v) is 14.5. The van der Waals surface area contributed by atoms with Crippen LogP contribution in [0, 0.1) is 17.0 Å². The van der Waals surface area contributed by atoms with Crippen LogP contribution in [0.2, 0.25) is 0 Å². The molecule has 3 aromatic rings. The normalized spacial score (nSPS) is 16.7. The van der Waals surface area contributed by atoms with Gasteiger partial charge in [0.05, 0.1) is 18.4 Å². The largest absolute Gasteiger partial charge is 0.390 e. The van der Waals surface area contributed by atoms with Crippen molar-refractivity contribution in [1.29, 1.82) is 0 Å². The summed E-state index contributed by atoms with van der Waals surface area (Å²) in [6.45, 7) is 6.74. The van der Waals surface area contributed by atoms with Crippen molar-refractivity contribution in [2.24, 2.45) is 5.41 Å². The van der Waals surface area contributed by atoms with Gasteiger partial charge in [0, 0.05) is 29.9 Å². The first kappa shape index (κ1) is 32.6. The Labute approximate surface area is 253 Å². The number of fused-ring (bicyclic) bond motifs is 1. The number of aliphatic hydroxyl groups excluding tert-OH is 1. The Balaban J connectivity index is 1.53. The number of hydrogen-bond acceptors (Lipinski definition) is 5. The summed E-state index contributed by atoms with van der Waals surface area (Å²) >= 11 is 0. The summed E-state index contributed by atoms with van der Waals surface area (Å²) in [5, 5.41) is 17.6. The molecule has 0 fully saturated rings. The van der Waals surface area contributed by atoms with Crippen molar-refractivity contribution in [3.8, 4) is 0 Å². The summed E-state index contributed by atoms with van der Waals surface area (Å²) < 4.78 is 53.6. The Morgan fingerprint density at radius 1 is 1.02 bits per heavy atom. The van der Waals surface area contributed by atoms with Crippen molar-refractivity contribution in [2.45, 2.75) is 71.1 Å². The maximum Gasteiger partial charge on any atom is 0.251 e. The van der Waals surface area contributed by atoms with Crippen LogP contribution in [0.25, 0.3) is 0 Å². The van der Waals surface area contributed by atoms with Gasteiger partial charge in [-0.05, 0) is 90.1 Å². The Morgan fingerprint density at radius 2 is 1.74 bits per heavy atom.